The Kier molecular flexibility index (Phi) is 11.7. The maximum absolute atomic E-state index is 5.87. The van der Waals surface area contributed by atoms with Crippen LogP contribution in [0.3, 0.4) is 0 Å². The molecule has 0 aliphatic heterocycles. The summed E-state index contributed by atoms with van der Waals surface area (Å²) >= 11 is 0. The first kappa shape index (κ1) is 17.8. The van der Waals surface area contributed by atoms with Gasteiger partial charge in [-0.15, -0.1) is 6.58 Å². The second-order valence-corrected chi connectivity index (χ2v) is 6.90. The van der Waals surface area contributed by atoms with Gasteiger partial charge in [0.15, 0.2) is 0 Å². The molecule has 0 atom stereocenters. The summed E-state index contributed by atoms with van der Waals surface area (Å²) in [6.07, 6.45) is 0.898. The van der Waals surface area contributed by atoms with Gasteiger partial charge < -0.3 is 23.1 Å². The van der Waals surface area contributed by atoms with Gasteiger partial charge in [-0.25, -0.2) is 0 Å². The van der Waals surface area contributed by atoms with E-state index in [2.05, 4.69) is 6.58 Å². The highest BCUT2D eigenvalue weighted by atomic mass is 28.4. The minimum atomic E-state index is -2.36. The van der Waals surface area contributed by atoms with Crippen LogP contribution >= 0.6 is 0 Å². The van der Waals surface area contributed by atoms with Crippen LogP contribution in [0.25, 0.3) is 0 Å². The van der Waals surface area contributed by atoms with Crippen molar-refractivity contribution in [2.45, 2.75) is 12.5 Å². The van der Waals surface area contributed by atoms with Gasteiger partial charge in [0, 0.05) is 27.9 Å². The molecule has 0 bridgehead atoms. The minimum absolute atomic E-state index is 0.523. The van der Waals surface area contributed by atoms with Crippen LogP contribution in [-0.2, 0) is 23.1 Å². The molecular formula is C12H26O5Si. The van der Waals surface area contributed by atoms with E-state index < -0.39 is 8.56 Å². The van der Waals surface area contributed by atoms with Crippen LogP contribution in [0.4, 0.5) is 0 Å². The Morgan fingerprint density at radius 3 is 1.72 bits per heavy atom. The van der Waals surface area contributed by atoms with E-state index in [0.29, 0.717) is 33.0 Å². The van der Waals surface area contributed by atoms with E-state index in [0.717, 1.165) is 12.5 Å². The Labute approximate surface area is 111 Å². The molecular weight excluding hydrogens is 252 g/mol. The largest absolute Gasteiger partial charge is 0.389 e. The topological polar surface area (TPSA) is 46.2 Å². The standard InChI is InChI=1S/C12H26O5Si/c1-5-18(12-6-7-13-2,16-10-8-14-3)17-11-9-15-4/h5H,1,6-12H2,2-4H3. The SMILES string of the molecule is C=C[Si](CCCOC)(OCCOC)OCCOC. The van der Waals surface area contributed by atoms with Gasteiger partial charge in [0.25, 0.3) is 0 Å². The highest BCUT2D eigenvalue weighted by molar-refractivity contribution is 6.72. The van der Waals surface area contributed by atoms with Crippen molar-refractivity contribution in [3.05, 3.63) is 12.3 Å². The summed E-state index contributed by atoms with van der Waals surface area (Å²) in [6.45, 7) is 6.71. The highest BCUT2D eigenvalue weighted by Crippen LogP contribution is 2.17. The molecule has 0 aromatic rings. The fourth-order valence-corrected chi connectivity index (χ4v) is 3.77. The molecule has 0 spiro atoms. The Hall–Kier alpha value is -0.243. The fourth-order valence-electron chi connectivity index (χ4n) is 1.46. The van der Waals surface area contributed by atoms with Crippen LogP contribution in [0.5, 0.6) is 0 Å². The lowest BCUT2D eigenvalue weighted by Gasteiger charge is -2.27. The van der Waals surface area contributed by atoms with E-state index in [1.54, 1.807) is 21.3 Å². The average molecular weight is 278 g/mol. The summed E-state index contributed by atoms with van der Waals surface area (Å²) in [5.41, 5.74) is 1.83. The molecule has 18 heavy (non-hydrogen) atoms. The molecule has 0 radical (unpaired) electrons. The van der Waals surface area contributed by atoms with E-state index in [1.165, 1.54) is 0 Å². The first-order valence-electron chi connectivity index (χ1n) is 6.13. The molecule has 0 unspecified atom stereocenters. The lowest BCUT2D eigenvalue weighted by atomic mass is 10.5. The molecule has 0 saturated carbocycles. The maximum atomic E-state index is 5.87. The Morgan fingerprint density at radius 2 is 1.33 bits per heavy atom. The van der Waals surface area contributed by atoms with Gasteiger partial charge in [0.1, 0.15) is 0 Å². The number of ether oxygens (including phenoxy) is 3. The molecule has 5 nitrogen and oxygen atoms in total. The van der Waals surface area contributed by atoms with Gasteiger partial charge in [-0.2, -0.15) is 0 Å². The molecule has 0 aromatic heterocycles. The lowest BCUT2D eigenvalue weighted by Crippen LogP contribution is -2.42. The summed E-state index contributed by atoms with van der Waals surface area (Å²) in [5, 5.41) is 0. The van der Waals surface area contributed by atoms with Crippen LogP contribution < -0.4 is 0 Å². The van der Waals surface area contributed by atoms with Crippen molar-refractivity contribution in [3.8, 4) is 0 Å². The quantitative estimate of drug-likeness (QED) is 0.377. The van der Waals surface area contributed by atoms with Gasteiger partial charge in [0.2, 0.25) is 0 Å². The Bertz CT molecular complexity index is 174. The number of methoxy groups -OCH3 is 3. The number of hydrogen-bond acceptors (Lipinski definition) is 5. The summed E-state index contributed by atoms with van der Waals surface area (Å²) in [4.78, 5) is 0. The molecule has 6 heteroatoms. The Balaban J connectivity index is 4.25. The summed E-state index contributed by atoms with van der Waals surface area (Å²) in [5.74, 6) is 0. The molecule has 0 aliphatic rings. The lowest BCUT2D eigenvalue weighted by molar-refractivity contribution is 0.0895. The minimum Gasteiger partial charge on any atom is -0.389 e. The van der Waals surface area contributed by atoms with Crippen LogP contribution in [0.1, 0.15) is 6.42 Å². The van der Waals surface area contributed by atoms with Crippen LogP contribution in [-0.4, -0.2) is 62.9 Å². The van der Waals surface area contributed by atoms with Crippen molar-refractivity contribution >= 4 is 8.56 Å². The molecule has 108 valence electrons. The zero-order valence-corrected chi connectivity index (χ0v) is 12.8. The van der Waals surface area contributed by atoms with Crippen molar-refractivity contribution in [1.29, 1.82) is 0 Å². The molecule has 0 amide bonds. The van der Waals surface area contributed by atoms with E-state index in [9.17, 15) is 0 Å². The zero-order valence-electron chi connectivity index (χ0n) is 11.8. The maximum Gasteiger partial charge on any atom is 0.364 e. The van der Waals surface area contributed by atoms with Crippen LogP contribution in [0.2, 0.25) is 6.04 Å². The second kappa shape index (κ2) is 11.8. The predicted octanol–water partition coefficient (Wildman–Crippen LogP) is 1.52. The highest BCUT2D eigenvalue weighted by Gasteiger charge is 2.33. The molecule has 0 rings (SSSR count). The summed E-state index contributed by atoms with van der Waals surface area (Å²) in [6, 6.07) is 0.831. The number of rotatable bonds is 13. The monoisotopic (exact) mass is 278 g/mol. The third kappa shape index (κ3) is 7.96. The molecule has 0 fully saturated rings. The molecule has 0 N–H and O–H groups in total. The van der Waals surface area contributed by atoms with Gasteiger partial charge in [-0.05, 0) is 18.2 Å². The van der Waals surface area contributed by atoms with Crippen molar-refractivity contribution in [3.63, 3.8) is 0 Å². The third-order valence-corrected chi connectivity index (χ3v) is 5.51. The van der Waals surface area contributed by atoms with Gasteiger partial charge in [-0.1, -0.05) is 0 Å². The van der Waals surface area contributed by atoms with E-state index in [1.807, 2.05) is 5.70 Å². The summed E-state index contributed by atoms with van der Waals surface area (Å²) in [7, 11) is 2.63. The van der Waals surface area contributed by atoms with Crippen LogP contribution in [0, 0.1) is 0 Å². The molecule has 0 heterocycles. The van der Waals surface area contributed by atoms with Crippen molar-refractivity contribution in [2.24, 2.45) is 0 Å². The average Bonchev–Trinajstić information content (AvgIpc) is 2.39. The van der Waals surface area contributed by atoms with Crippen molar-refractivity contribution < 1.29 is 23.1 Å². The normalized spacial score (nSPS) is 11.7. The van der Waals surface area contributed by atoms with E-state index in [-0.39, 0.29) is 0 Å². The van der Waals surface area contributed by atoms with Crippen molar-refractivity contribution in [2.75, 3.05) is 54.4 Å². The first-order valence-corrected chi connectivity index (χ1v) is 8.23. The van der Waals surface area contributed by atoms with E-state index >= 15 is 0 Å². The zero-order chi connectivity index (χ0) is 13.7. The van der Waals surface area contributed by atoms with Gasteiger partial charge in [-0.3, -0.25) is 0 Å². The predicted molar refractivity (Wildman–Crippen MR) is 72.9 cm³/mol. The summed E-state index contributed by atoms with van der Waals surface area (Å²) < 4.78 is 26.8. The smallest absolute Gasteiger partial charge is 0.364 e. The Morgan fingerprint density at radius 1 is 0.833 bits per heavy atom. The molecule has 0 aromatic carbocycles. The second-order valence-electron chi connectivity index (χ2n) is 3.79. The third-order valence-electron chi connectivity index (χ3n) is 2.45. The van der Waals surface area contributed by atoms with Gasteiger partial charge >= 0.3 is 8.56 Å². The first-order chi connectivity index (χ1) is 8.74. The van der Waals surface area contributed by atoms with Crippen molar-refractivity contribution in [1.82, 2.24) is 0 Å². The van der Waals surface area contributed by atoms with E-state index in [4.69, 9.17) is 23.1 Å². The number of hydrogen-bond donors (Lipinski definition) is 0. The van der Waals surface area contributed by atoms with Crippen LogP contribution in [0.15, 0.2) is 12.3 Å². The molecule has 0 saturated heterocycles. The molecule has 0 aliphatic carbocycles. The fraction of sp³-hybridized carbons (Fsp3) is 0.833. The van der Waals surface area contributed by atoms with Gasteiger partial charge in [0.05, 0.1) is 26.4 Å².